The summed E-state index contributed by atoms with van der Waals surface area (Å²) >= 11 is 0. The molecule has 2 aliphatic heterocycles. The minimum absolute atomic E-state index is 0.00223. The molecule has 0 saturated heterocycles. The average Bonchev–Trinajstić information content (AvgIpc) is 3.08. The van der Waals surface area contributed by atoms with Crippen LogP contribution in [0.15, 0.2) is 99.6 Å². The van der Waals surface area contributed by atoms with Crippen LogP contribution in [-0.4, -0.2) is 68.3 Å². The molecule has 2 aliphatic rings. The molecule has 17 nitrogen and oxygen atoms in total. The lowest BCUT2D eigenvalue weighted by Crippen LogP contribution is -2.42. The third-order valence-corrected chi connectivity index (χ3v) is 10.9. The van der Waals surface area contributed by atoms with Gasteiger partial charge in [-0.15, -0.1) is 0 Å². The van der Waals surface area contributed by atoms with Crippen molar-refractivity contribution in [2.24, 2.45) is 0 Å². The van der Waals surface area contributed by atoms with E-state index in [0.29, 0.717) is 24.3 Å². The molecule has 0 spiro atoms. The van der Waals surface area contributed by atoms with Crippen molar-refractivity contribution in [2.75, 3.05) is 4.90 Å². The van der Waals surface area contributed by atoms with Crippen molar-refractivity contribution in [1.82, 2.24) is 5.32 Å². The van der Waals surface area contributed by atoms with E-state index in [2.05, 4.69) is 5.32 Å². The van der Waals surface area contributed by atoms with E-state index in [1.165, 1.54) is 42.5 Å². The highest BCUT2D eigenvalue weighted by atomic mass is 32.2. The number of anilines is 1. The fourth-order valence-corrected chi connectivity index (χ4v) is 7.84. The molecule has 7 rings (SSSR count). The van der Waals surface area contributed by atoms with E-state index in [0.717, 1.165) is 23.1 Å². The van der Waals surface area contributed by atoms with E-state index in [-0.39, 0.29) is 49.8 Å². The zero-order valence-corrected chi connectivity index (χ0v) is 28.4. The molecule has 0 fully saturated rings. The van der Waals surface area contributed by atoms with Crippen LogP contribution in [0.2, 0.25) is 0 Å². The molecule has 2 heterocycles. The van der Waals surface area contributed by atoms with E-state index in [9.17, 15) is 62.9 Å². The van der Waals surface area contributed by atoms with Crippen LogP contribution in [-0.2, 0) is 30.4 Å². The van der Waals surface area contributed by atoms with Gasteiger partial charge in [-0.25, -0.2) is 4.90 Å². The highest BCUT2D eigenvalue weighted by Gasteiger charge is 2.38. The molecule has 53 heavy (non-hydrogen) atoms. The summed E-state index contributed by atoms with van der Waals surface area (Å²) in [6.45, 7) is 0. The quantitative estimate of drug-likeness (QED) is 0.1000. The van der Waals surface area contributed by atoms with Crippen molar-refractivity contribution in [3.63, 3.8) is 0 Å². The molecule has 5 aromatic rings. The maximum Gasteiger partial charge on any atom is 0.298 e. The Morgan fingerprint density at radius 3 is 1.60 bits per heavy atom. The summed E-state index contributed by atoms with van der Waals surface area (Å²) in [7, 11) is -15.4. The zero-order valence-electron chi connectivity index (χ0n) is 26.0. The number of amides is 4. The summed E-state index contributed by atoms with van der Waals surface area (Å²) in [5.41, 5.74) is -0.462. The molecular formula is C33H18N2O15S3. The molecule has 0 bridgehead atoms. The van der Waals surface area contributed by atoms with Crippen LogP contribution in [0, 0.1) is 0 Å². The lowest BCUT2D eigenvalue weighted by atomic mass is 9.86. The number of ketones is 1. The largest absolute Gasteiger partial charge is 0.454 e. The Hall–Kier alpha value is -6.16. The van der Waals surface area contributed by atoms with Gasteiger partial charge in [0.15, 0.2) is 5.78 Å². The number of rotatable bonds is 8. The number of benzene rings is 5. The first-order valence-corrected chi connectivity index (χ1v) is 18.9. The smallest absolute Gasteiger partial charge is 0.298 e. The predicted octanol–water partition coefficient (Wildman–Crippen LogP) is 3.29. The maximum absolute atomic E-state index is 13.8. The molecule has 4 N–H and O–H groups in total. The summed E-state index contributed by atoms with van der Waals surface area (Å²) in [4.78, 5) is 63.8. The van der Waals surface area contributed by atoms with Crippen LogP contribution in [0.1, 0.15) is 57.4 Å². The second-order valence-corrected chi connectivity index (χ2v) is 15.7. The Balaban J connectivity index is 1.25. The van der Waals surface area contributed by atoms with E-state index in [1.807, 2.05) is 0 Å². The van der Waals surface area contributed by atoms with Gasteiger partial charge in [-0.2, -0.15) is 25.3 Å². The first-order valence-electron chi connectivity index (χ1n) is 14.6. The minimum Gasteiger partial charge on any atom is -0.454 e. The zero-order chi connectivity index (χ0) is 38.4. The van der Waals surface area contributed by atoms with Gasteiger partial charge in [0.2, 0.25) is 0 Å². The summed E-state index contributed by atoms with van der Waals surface area (Å²) < 4.78 is 106. The van der Waals surface area contributed by atoms with Crippen LogP contribution in [0.25, 0.3) is 10.8 Å². The second-order valence-electron chi connectivity index (χ2n) is 11.5. The molecule has 0 radical (unpaired) electrons. The monoisotopic (exact) mass is 778 g/mol. The number of hydrogen-bond donors (Lipinski definition) is 4. The Kier molecular flexibility index (Phi) is 7.95. The lowest BCUT2D eigenvalue weighted by Gasteiger charge is -2.29. The molecule has 0 unspecified atom stereocenters. The van der Waals surface area contributed by atoms with Gasteiger partial charge < -0.3 is 4.74 Å². The summed E-state index contributed by atoms with van der Waals surface area (Å²) in [6.07, 6.45) is 0. The first kappa shape index (κ1) is 35.3. The number of carbonyl (C=O) groups excluding carboxylic acids is 5. The van der Waals surface area contributed by atoms with E-state index in [1.54, 1.807) is 0 Å². The van der Waals surface area contributed by atoms with E-state index >= 15 is 0 Å². The highest BCUT2D eigenvalue weighted by molar-refractivity contribution is 7.86. The minimum atomic E-state index is -5.25. The van der Waals surface area contributed by atoms with Crippen LogP contribution in [0.5, 0.6) is 11.5 Å². The molecule has 268 valence electrons. The Morgan fingerprint density at radius 2 is 1.06 bits per heavy atom. The highest BCUT2D eigenvalue weighted by Crippen LogP contribution is 2.39. The van der Waals surface area contributed by atoms with Crippen molar-refractivity contribution >= 4 is 76.2 Å². The number of ether oxygens (including phenoxy) is 1. The summed E-state index contributed by atoms with van der Waals surface area (Å²) in [5.74, 6) is -5.56. The van der Waals surface area contributed by atoms with Crippen molar-refractivity contribution in [1.29, 1.82) is 0 Å². The summed E-state index contributed by atoms with van der Waals surface area (Å²) in [6, 6.07) is 14.7. The maximum atomic E-state index is 13.8. The van der Waals surface area contributed by atoms with Crippen molar-refractivity contribution in [3.8, 4) is 11.5 Å². The SMILES string of the molecule is O=C(c1cccc(N2C(=O)c3ccc4c5c(ccc(c35)C2=O)C(=O)NC4=O)c1)c1ccc(Oc2ccc(S(=O)(=O)O)cc2S(=O)(=O)O)c(S(=O)(=O)O)c1. The number of nitrogens with one attached hydrogen (secondary N) is 1. The molecule has 0 saturated carbocycles. The molecule has 5 aromatic carbocycles. The van der Waals surface area contributed by atoms with Crippen LogP contribution < -0.4 is 15.0 Å². The standard InChI is InChI=1S/C33H18N2O15S3/c36-29(16-4-10-23(25(13-16)52(44,45)46)50-24-11-5-18(51(41,42)43)14-26(24)53(47,48)49)15-2-1-3-17(12-15)35-32(39)21-8-6-19-27-20(31(38)34-30(19)37)7-9-22(28(21)27)33(35)40/h1-14H,(H,34,37,38)(H,41,42,43)(H,44,45,46)(H,47,48,49). The van der Waals surface area contributed by atoms with Gasteiger partial charge >= 0.3 is 0 Å². The third kappa shape index (κ3) is 5.93. The number of hydrogen-bond acceptors (Lipinski definition) is 12. The average molecular weight is 779 g/mol. The third-order valence-electron chi connectivity index (χ3n) is 8.31. The fourth-order valence-electron chi connectivity index (χ4n) is 5.98. The Morgan fingerprint density at radius 1 is 0.566 bits per heavy atom. The first-order chi connectivity index (χ1) is 24.8. The Bertz CT molecular complexity index is 2850. The van der Waals surface area contributed by atoms with Gasteiger partial charge in [0.1, 0.15) is 21.3 Å². The van der Waals surface area contributed by atoms with Gasteiger partial charge in [0, 0.05) is 44.2 Å². The molecule has 0 aliphatic carbocycles. The van der Waals surface area contributed by atoms with Gasteiger partial charge in [-0.1, -0.05) is 12.1 Å². The molecule has 20 heteroatoms. The van der Waals surface area contributed by atoms with Gasteiger partial charge in [-0.05, 0) is 72.8 Å². The predicted molar refractivity (Wildman–Crippen MR) is 179 cm³/mol. The van der Waals surface area contributed by atoms with Crippen LogP contribution >= 0.6 is 0 Å². The lowest BCUT2D eigenvalue weighted by molar-refractivity contribution is 0.0837. The second kappa shape index (κ2) is 11.9. The van der Waals surface area contributed by atoms with Crippen LogP contribution in [0.3, 0.4) is 0 Å². The number of carbonyl (C=O) groups is 5. The molecule has 4 amide bonds. The molecule has 0 atom stereocenters. The van der Waals surface area contributed by atoms with Crippen molar-refractivity contribution in [3.05, 3.63) is 118 Å². The fraction of sp³-hybridized carbons (Fsp3) is 0. The molecule has 0 aromatic heterocycles. The topological polar surface area (TPSA) is 273 Å². The van der Waals surface area contributed by atoms with Gasteiger partial charge in [-0.3, -0.25) is 42.9 Å². The van der Waals surface area contributed by atoms with Gasteiger partial charge in [0.25, 0.3) is 54.0 Å². The number of nitrogens with zero attached hydrogens (tertiary/aromatic N) is 1. The molecular weight excluding hydrogens is 761 g/mol. The van der Waals surface area contributed by atoms with E-state index in [4.69, 9.17) is 4.74 Å². The van der Waals surface area contributed by atoms with Gasteiger partial charge in [0.05, 0.1) is 10.6 Å². The number of imide groups is 2. The van der Waals surface area contributed by atoms with Crippen molar-refractivity contribution in [2.45, 2.75) is 14.7 Å². The normalized spacial score (nSPS) is 14.4. The van der Waals surface area contributed by atoms with Crippen LogP contribution in [0.4, 0.5) is 5.69 Å². The van der Waals surface area contributed by atoms with E-state index < -0.39 is 86.0 Å². The summed E-state index contributed by atoms with van der Waals surface area (Å²) in [5, 5.41) is 2.45. The Labute approximate surface area is 297 Å². The van der Waals surface area contributed by atoms with Crippen molar-refractivity contribution < 1.29 is 67.6 Å².